The van der Waals surface area contributed by atoms with Gasteiger partial charge in [-0.3, -0.25) is 9.59 Å². The van der Waals surface area contributed by atoms with Crippen LogP contribution in [-0.2, 0) is 13.1 Å². The molecule has 3 rings (SSSR count). The van der Waals surface area contributed by atoms with E-state index >= 15 is 0 Å². The van der Waals surface area contributed by atoms with Crippen LogP contribution in [-0.4, -0.2) is 40.7 Å². The summed E-state index contributed by atoms with van der Waals surface area (Å²) < 4.78 is 0. The van der Waals surface area contributed by atoms with Gasteiger partial charge >= 0.3 is 0 Å². The fraction of sp³-hybridized carbons (Fsp3) is 0.174. The normalized spacial score (nSPS) is 10.5. The lowest BCUT2D eigenvalue weighted by atomic mass is 10.2. The Morgan fingerprint density at radius 1 is 0.733 bits per heavy atom. The maximum Gasteiger partial charge on any atom is 0.272 e. The second-order valence-electron chi connectivity index (χ2n) is 6.99. The number of carbonyl (C=O) groups excluding carboxylic acids is 2. The van der Waals surface area contributed by atoms with E-state index in [0.717, 1.165) is 11.1 Å². The van der Waals surface area contributed by atoms with Crippen LogP contribution in [0.4, 0.5) is 0 Å². The average molecular weight is 442 g/mol. The van der Waals surface area contributed by atoms with Gasteiger partial charge in [0.15, 0.2) is 0 Å². The number of carbonyl (C=O) groups is 2. The molecule has 0 saturated heterocycles. The summed E-state index contributed by atoms with van der Waals surface area (Å²) >= 11 is 12.0. The molecule has 7 heteroatoms. The highest BCUT2D eigenvalue weighted by Crippen LogP contribution is 2.15. The number of pyridine rings is 1. The average Bonchev–Trinajstić information content (AvgIpc) is 2.72. The van der Waals surface area contributed by atoms with Gasteiger partial charge in [0.2, 0.25) is 0 Å². The number of benzene rings is 2. The zero-order chi connectivity index (χ0) is 21.7. The number of hydrogen-bond acceptors (Lipinski definition) is 3. The van der Waals surface area contributed by atoms with Gasteiger partial charge in [-0.1, -0.05) is 53.5 Å². The van der Waals surface area contributed by atoms with Gasteiger partial charge in [0.05, 0.1) is 0 Å². The van der Waals surface area contributed by atoms with E-state index in [-0.39, 0.29) is 23.2 Å². The molecule has 0 atom stereocenters. The Bertz CT molecular complexity index is 991. The number of aromatic nitrogens is 1. The Kier molecular flexibility index (Phi) is 7.08. The summed E-state index contributed by atoms with van der Waals surface area (Å²) in [4.78, 5) is 33.0. The Hall–Kier alpha value is -2.89. The molecule has 0 spiro atoms. The topological polar surface area (TPSA) is 53.5 Å². The predicted molar refractivity (Wildman–Crippen MR) is 119 cm³/mol. The van der Waals surface area contributed by atoms with Crippen molar-refractivity contribution in [1.29, 1.82) is 0 Å². The van der Waals surface area contributed by atoms with Crippen molar-refractivity contribution in [3.05, 3.63) is 99.3 Å². The quantitative estimate of drug-likeness (QED) is 0.544. The smallest absolute Gasteiger partial charge is 0.272 e. The molecule has 1 heterocycles. The van der Waals surface area contributed by atoms with Crippen molar-refractivity contribution in [3.8, 4) is 0 Å². The Labute approximate surface area is 185 Å². The van der Waals surface area contributed by atoms with E-state index in [1.165, 1.54) is 9.80 Å². The molecule has 3 aromatic rings. The largest absolute Gasteiger partial charge is 0.336 e. The molecule has 154 valence electrons. The molecule has 30 heavy (non-hydrogen) atoms. The molecule has 2 aromatic carbocycles. The van der Waals surface area contributed by atoms with Crippen molar-refractivity contribution < 1.29 is 9.59 Å². The van der Waals surface area contributed by atoms with Crippen molar-refractivity contribution in [2.75, 3.05) is 14.1 Å². The maximum absolute atomic E-state index is 12.8. The van der Waals surface area contributed by atoms with Crippen LogP contribution in [0, 0.1) is 0 Å². The second kappa shape index (κ2) is 9.74. The third-order valence-electron chi connectivity index (χ3n) is 4.50. The number of amides is 2. The lowest BCUT2D eigenvalue weighted by Crippen LogP contribution is -2.30. The molecular weight excluding hydrogens is 421 g/mol. The van der Waals surface area contributed by atoms with Crippen LogP contribution < -0.4 is 0 Å². The van der Waals surface area contributed by atoms with Gasteiger partial charge in [0.1, 0.15) is 11.4 Å². The van der Waals surface area contributed by atoms with Crippen molar-refractivity contribution in [3.63, 3.8) is 0 Å². The van der Waals surface area contributed by atoms with Crippen LogP contribution in [0.3, 0.4) is 0 Å². The molecule has 0 bridgehead atoms. The lowest BCUT2D eigenvalue weighted by molar-refractivity contribution is 0.0771. The van der Waals surface area contributed by atoms with Gasteiger partial charge in [-0.2, -0.15) is 0 Å². The first-order valence-corrected chi connectivity index (χ1v) is 10.1. The molecule has 0 fully saturated rings. The van der Waals surface area contributed by atoms with E-state index in [1.807, 2.05) is 36.4 Å². The maximum atomic E-state index is 12.8. The molecule has 0 aliphatic rings. The monoisotopic (exact) mass is 441 g/mol. The van der Waals surface area contributed by atoms with Crippen LogP contribution in [0.2, 0.25) is 10.0 Å². The SMILES string of the molecule is CN(Cc1cccc(Cl)c1)C(=O)c1cccc(C(=O)N(C)Cc2cccc(Cl)c2)n1. The first-order valence-electron chi connectivity index (χ1n) is 9.30. The van der Waals surface area contributed by atoms with Gasteiger partial charge < -0.3 is 9.80 Å². The van der Waals surface area contributed by atoms with Gasteiger partial charge in [-0.05, 0) is 47.5 Å². The first kappa shape index (κ1) is 21.8. The molecular formula is C23H21Cl2N3O2. The number of hydrogen-bond donors (Lipinski definition) is 0. The molecule has 0 aliphatic carbocycles. The summed E-state index contributed by atoms with van der Waals surface area (Å²) in [7, 11) is 3.37. The van der Waals surface area contributed by atoms with Crippen LogP contribution >= 0.6 is 23.2 Å². The van der Waals surface area contributed by atoms with Crippen LogP contribution in [0.5, 0.6) is 0 Å². The van der Waals surface area contributed by atoms with Crippen molar-refractivity contribution in [1.82, 2.24) is 14.8 Å². The Morgan fingerprint density at radius 2 is 1.13 bits per heavy atom. The van der Waals surface area contributed by atoms with Crippen molar-refractivity contribution in [2.24, 2.45) is 0 Å². The van der Waals surface area contributed by atoms with Gasteiger partial charge in [0.25, 0.3) is 11.8 Å². The third-order valence-corrected chi connectivity index (χ3v) is 4.97. The van der Waals surface area contributed by atoms with E-state index in [4.69, 9.17) is 23.2 Å². The molecule has 0 radical (unpaired) electrons. The lowest BCUT2D eigenvalue weighted by Gasteiger charge is -2.19. The highest BCUT2D eigenvalue weighted by Gasteiger charge is 2.18. The molecule has 0 N–H and O–H groups in total. The van der Waals surface area contributed by atoms with Crippen LogP contribution in [0.1, 0.15) is 32.1 Å². The summed E-state index contributed by atoms with van der Waals surface area (Å²) in [5.74, 6) is -0.552. The summed E-state index contributed by atoms with van der Waals surface area (Å²) in [5.41, 5.74) is 2.24. The van der Waals surface area contributed by atoms with Crippen LogP contribution in [0.15, 0.2) is 66.7 Å². The Balaban J connectivity index is 1.71. The fourth-order valence-corrected chi connectivity index (χ4v) is 3.45. The van der Waals surface area contributed by atoms with E-state index < -0.39 is 0 Å². The van der Waals surface area contributed by atoms with Crippen LogP contribution in [0.25, 0.3) is 0 Å². The second-order valence-corrected chi connectivity index (χ2v) is 7.86. The van der Waals surface area contributed by atoms with Gasteiger partial charge in [-0.15, -0.1) is 0 Å². The summed E-state index contributed by atoms with van der Waals surface area (Å²) in [6.45, 7) is 0.766. The van der Waals surface area contributed by atoms with Gasteiger partial charge in [-0.25, -0.2) is 4.98 Å². The standard InChI is InChI=1S/C23H21Cl2N3O2/c1-27(14-16-6-3-8-18(24)12-16)22(29)20-10-5-11-21(26-20)23(30)28(2)15-17-7-4-9-19(25)13-17/h3-13H,14-15H2,1-2H3. The summed E-state index contributed by atoms with van der Waals surface area (Å²) in [6.07, 6.45) is 0. The van der Waals surface area contributed by atoms with Crippen molar-refractivity contribution in [2.45, 2.75) is 13.1 Å². The van der Waals surface area contributed by atoms with E-state index in [2.05, 4.69) is 4.98 Å². The summed E-state index contributed by atoms with van der Waals surface area (Å²) in [6, 6.07) is 19.5. The highest BCUT2D eigenvalue weighted by molar-refractivity contribution is 6.30. The minimum Gasteiger partial charge on any atom is -0.336 e. The number of nitrogens with zero attached hydrogens (tertiary/aromatic N) is 3. The molecule has 5 nitrogen and oxygen atoms in total. The molecule has 2 amide bonds. The predicted octanol–water partition coefficient (Wildman–Crippen LogP) is 4.93. The highest BCUT2D eigenvalue weighted by atomic mass is 35.5. The zero-order valence-corrected chi connectivity index (χ0v) is 18.2. The van der Waals surface area contributed by atoms with E-state index in [1.54, 1.807) is 44.4 Å². The van der Waals surface area contributed by atoms with Crippen molar-refractivity contribution >= 4 is 35.0 Å². The fourth-order valence-electron chi connectivity index (χ4n) is 3.03. The van der Waals surface area contributed by atoms with E-state index in [9.17, 15) is 9.59 Å². The van der Waals surface area contributed by atoms with Gasteiger partial charge in [0, 0.05) is 37.2 Å². The zero-order valence-electron chi connectivity index (χ0n) is 16.7. The molecule has 1 aromatic heterocycles. The third kappa shape index (κ3) is 5.59. The summed E-state index contributed by atoms with van der Waals surface area (Å²) in [5, 5.41) is 1.23. The number of rotatable bonds is 6. The Morgan fingerprint density at radius 3 is 1.53 bits per heavy atom. The molecule has 0 unspecified atom stereocenters. The molecule has 0 aliphatic heterocycles. The minimum absolute atomic E-state index is 0.210. The first-order chi connectivity index (χ1) is 14.3. The molecule has 0 saturated carbocycles. The van der Waals surface area contributed by atoms with E-state index in [0.29, 0.717) is 23.1 Å². The minimum atomic E-state index is -0.276. The number of halogens is 2.